The van der Waals surface area contributed by atoms with Crippen molar-refractivity contribution in [2.45, 2.75) is 18.6 Å². The summed E-state index contributed by atoms with van der Waals surface area (Å²) in [5, 5.41) is 18.4. The first kappa shape index (κ1) is 11.5. The highest BCUT2D eigenvalue weighted by Crippen LogP contribution is 2.20. The number of carbonyl (C=O) groups is 2. The number of aliphatic hydroxyl groups excluding tert-OH is 1. The van der Waals surface area contributed by atoms with Gasteiger partial charge in [-0.25, -0.2) is 4.79 Å². The van der Waals surface area contributed by atoms with Gasteiger partial charge in [0.2, 0.25) is 0 Å². The van der Waals surface area contributed by atoms with E-state index >= 15 is 0 Å². The maximum absolute atomic E-state index is 12.0. The largest absolute Gasteiger partial charge is 0.480 e. The van der Waals surface area contributed by atoms with Gasteiger partial charge in [-0.3, -0.25) is 9.78 Å². The Labute approximate surface area is 97.5 Å². The van der Waals surface area contributed by atoms with Gasteiger partial charge in [0.25, 0.3) is 5.91 Å². The zero-order valence-electron chi connectivity index (χ0n) is 8.98. The van der Waals surface area contributed by atoms with Gasteiger partial charge in [-0.15, -0.1) is 0 Å². The van der Waals surface area contributed by atoms with Gasteiger partial charge in [-0.2, -0.15) is 0 Å². The number of carboxylic acids is 1. The summed E-state index contributed by atoms with van der Waals surface area (Å²) in [5.74, 6) is -1.57. The second-order valence-corrected chi connectivity index (χ2v) is 3.92. The molecule has 1 aromatic heterocycles. The van der Waals surface area contributed by atoms with Crippen LogP contribution in [0.2, 0.25) is 0 Å². The summed E-state index contributed by atoms with van der Waals surface area (Å²) in [7, 11) is 0. The van der Waals surface area contributed by atoms with Gasteiger partial charge < -0.3 is 15.1 Å². The maximum Gasteiger partial charge on any atom is 0.326 e. The van der Waals surface area contributed by atoms with E-state index in [0.29, 0.717) is 0 Å². The number of amides is 1. The molecule has 1 saturated heterocycles. The normalized spacial score (nSPS) is 23.7. The minimum absolute atomic E-state index is 0.0341. The number of rotatable bonds is 2. The van der Waals surface area contributed by atoms with Gasteiger partial charge in [-0.1, -0.05) is 6.07 Å². The molecule has 1 aromatic rings. The van der Waals surface area contributed by atoms with E-state index in [1.807, 2.05) is 0 Å². The molecule has 0 unspecified atom stereocenters. The molecule has 0 spiro atoms. The van der Waals surface area contributed by atoms with Crippen LogP contribution in [0.1, 0.15) is 16.9 Å². The van der Waals surface area contributed by atoms with Crippen LogP contribution >= 0.6 is 0 Å². The molecule has 2 rings (SSSR count). The van der Waals surface area contributed by atoms with Crippen molar-refractivity contribution in [2.24, 2.45) is 0 Å². The third-order valence-electron chi connectivity index (χ3n) is 2.71. The molecule has 90 valence electrons. The minimum Gasteiger partial charge on any atom is -0.480 e. The monoisotopic (exact) mass is 236 g/mol. The van der Waals surface area contributed by atoms with E-state index in [0.717, 1.165) is 4.90 Å². The molecule has 1 aliphatic heterocycles. The van der Waals surface area contributed by atoms with E-state index in [1.54, 1.807) is 12.1 Å². The third kappa shape index (κ3) is 2.26. The van der Waals surface area contributed by atoms with Gasteiger partial charge >= 0.3 is 5.97 Å². The first-order valence-corrected chi connectivity index (χ1v) is 5.22. The molecular weight excluding hydrogens is 224 g/mol. The Morgan fingerprint density at radius 1 is 1.41 bits per heavy atom. The van der Waals surface area contributed by atoms with Crippen molar-refractivity contribution in [1.29, 1.82) is 0 Å². The lowest BCUT2D eigenvalue weighted by Gasteiger charge is -2.20. The summed E-state index contributed by atoms with van der Waals surface area (Å²) in [6, 6.07) is 3.87. The average Bonchev–Trinajstić information content (AvgIpc) is 2.72. The molecule has 1 aliphatic rings. The van der Waals surface area contributed by atoms with E-state index in [4.69, 9.17) is 5.11 Å². The number of likely N-dealkylation sites (tertiary alicyclic amines) is 1. The quantitative estimate of drug-likeness (QED) is 0.738. The van der Waals surface area contributed by atoms with E-state index < -0.39 is 24.0 Å². The maximum atomic E-state index is 12.0. The number of aliphatic carboxylic acids is 1. The summed E-state index contributed by atoms with van der Waals surface area (Å²) in [5.41, 5.74) is 0.188. The molecule has 2 heterocycles. The van der Waals surface area contributed by atoms with Gasteiger partial charge in [0.15, 0.2) is 0 Å². The predicted molar refractivity (Wildman–Crippen MR) is 57.3 cm³/mol. The standard InChI is InChI=1S/C11H12N2O4/c14-7-5-9(11(16)17)13(6-7)10(15)8-3-1-2-4-12-8/h1-4,7,9,14H,5-6H2,(H,16,17)/t7-,9+/m1/s1. The van der Waals surface area contributed by atoms with Crippen LogP contribution in [0, 0.1) is 0 Å². The Bertz CT molecular complexity index is 434. The van der Waals surface area contributed by atoms with Crippen LogP contribution < -0.4 is 0 Å². The van der Waals surface area contributed by atoms with Crippen molar-refractivity contribution in [1.82, 2.24) is 9.88 Å². The van der Waals surface area contributed by atoms with Crippen molar-refractivity contribution in [3.8, 4) is 0 Å². The predicted octanol–water partition coefficient (Wildman–Crippen LogP) is -0.258. The van der Waals surface area contributed by atoms with Gasteiger partial charge in [-0.05, 0) is 12.1 Å². The van der Waals surface area contributed by atoms with Gasteiger partial charge in [0, 0.05) is 19.2 Å². The fourth-order valence-corrected chi connectivity index (χ4v) is 1.91. The molecule has 0 aliphatic carbocycles. The topological polar surface area (TPSA) is 90.7 Å². The van der Waals surface area contributed by atoms with Crippen LogP contribution in [0.4, 0.5) is 0 Å². The summed E-state index contributed by atoms with van der Waals surface area (Å²) in [6.07, 6.45) is 0.743. The van der Waals surface area contributed by atoms with Crippen molar-refractivity contribution in [3.63, 3.8) is 0 Å². The Morgan fingerprint density at radius 2 is 2.18 bits per heavy atom. The number of hydrogen-bond acceptors (Lipinski definition) is 4. The van der Waals surface area contributed by atoms with Crippen molar-refractivity contribution >= 4 is 11.9 Å². The summed E-state index contributed by atoms with van der Waals surface area (Å²) in [6.45, 7) is 0.0341. The molecule has 0 bridgehead atoms. The molecule has 6 nitrogen and oxygen atoms in total. The molecule has 1 amide bonds. The van der Waals surface area contributed by atoms with Crippen molar-refractivity contribution in [2.75, 3.05) is 6.54 Å². The number of β-amino-alcohol motifs (C(OH)–C–C–N with tert-alkyl or cyclic N) is 1. The van der Waals surface area contributed by atoms with E-state index in [9.17, 15) is 14.7 Å². The van der Waals surface area contributed by atoms with Crippen LogP contribution in [0.3, 0.4) is 0 Å². The molecule has 1 fully saturated rings. The van der Waals surface area contributed by atoms with E-state index in [-0.39, 0.29) is 18.7 Å². The van der Waals surface area contributed by atoms with Crippen molar-refractivity contribution < 1.29 is 19.8 Å². The molecular formula is C11H12N2O4. The van der Waals surface area contributed by atoms with Gasteiger partial charge in [0.05, 0.1) is 6.10 Å². The van der Waals surface area contributed by atoms with Crippen LogP contribution in [0.15, 0.2) is 24.4 Å². The summed E-state index contributed by atoms with van der Waals surface area (Å²) >= 11 is 0. The van der Waals surface area contributed by atoms with Crippen molar-refractivity contribution in [3.05, 3.63) is 30.1 Å². The van der Waals surface area contributed by atoms with E-state index in [2.05, 4.69) is 4.98 Å². The molecule has 0 aromatic carbocycles. The highest BCUT2D eigenvalue weighted by atomic mass is 16.4. The number of carbonyl (C=O) groups excluding carboxylic acids is 1. The Morgan fingerprint density at radius 3 is 2.76 bits per heavy atom. The molecule has 2 N–H and O–H groups in total. The first-order valence-electron chi connectivity index (χ1n) is 5.22. The number of aliphatic hydroxyl groups is 1. The van der Waals surface area contributed by atoms with Crippen LogP contribution in [-0.2, 0) is 4.79 Å². The highest BCUT2D eigenvalue weighted by molar-refractivity contribution is 5.95. The fraction of sp³-hybridized carbons (Fsp3) is 0.364. The minimum atomic E-state index is -1.11. The lowest BCUT2D eigenvalue weighted by Crippen LogP contribution is -2.40. The summed E-state index contributed by atoms with van der Waals surface area (Å²) in [4.78, 5) is 28.0. The molecule has 17 heavy (non-hydrogen) atoms. The molecule has 2 atom stereocenters. The fourth-order valence-electron chi connectivity index (χ4n) is 1.91. The SMILES string of the molecule is O=C(O)[C@@H]1C[C@@H](O)CN1C(=O)c1ccccn1. The van der Waals surface area contributed by atoms with Gasteiger partial charge in [0.1, 0.15) is 11.7 Å². The number of nitrogens with zero attached hydrogens (tertiary/aromatic N) is 2. The zero-order chi connectivity index (χ0) is 12.4. The highest BCUT2D eigenvalue weighted by Gasteiger charge is 2.39. The van der Waals surface area contributed by atoms with Crippen LogP contribution in [-0.4, -0.2) is 50.7 Å². The summed E-state index contributed by atoms with van der Waals surface area (Å²) < 4.78 is 0. The average molecular weight is 236 g/mol. The second-order valence-electron chi connectivity index (χ2n) is 3.92. The van der Waals surface area contributed by atoms with E-state index in [1.165, 1.54) is 12.3 Å². The molecule has 0 radical (unpaired) electrons. The molecule has 6 heteroatoms. The van der Waals surface area contributed by atoms with Crippen LogP contribution in [0.25, 0.3) is 0 Å². The number of pyridine rings is 1. The smallest absolute Gasteiger partial charge is 0.326 e. The Hall–Kier alpha value is -1.95. The zero-order valence-corrected chi connectivity index (χ0v) is 8.98. The number of carboxylic acid groups (broad SMARTS) is 1. The number of aromatic nitrogens is 1. The second kappa shape index (κ2) is 4.50. The third-order valence-corrected chi connectivity index (χ3v) is 2.71. The number of hydrogen-bond donors (Lipinski definition) is 2. The lowest BCUT2D eigenvalue weighted by atomic mass is 10.2. The lowest BCUT2D eigenvalue weighted by molar-refractivity contribution is -0.141. The Balaban J connectivity index is 2.22. The first-order chi connectivity index (χ1) is 8.09. The Kier molecular flexibility index (Phi) is 3.06. The van der Waals surface area contributed by atoms with Crippen LogP contribution in [0.5, 0.6) is 0 Å². The molecule has 0 saturated carbocycles.